The molecular formula is C15H19NO2. The van der Waals surface area contributed by atoms with Crippen LogP contribution in [0.15, 0.2) is 12.1 Å². The molecule has 2 rings (SSSR count). The number of carbonyl (C=O) groups is 2. The van der Waals surface area contributed by atoms with E-state index in [2.05, 4.69) is 0 Å². The third kappa shape index (κ3) is 2.45. The highest BCUT2D eigenvalue weighted by Gasteiger charge is 2.24. The quantitative estimate of drug-likeness (QED) is 0.767. The molecule has 18 heavy (non-hydrogen) atoms. The number of carbonyl (C=O) groups excluding carboxylic acids is 2. The summed E-state index contributed by atoms with van der Waals surface area (Å²) in [5.41, 5.74) is 3.95. The number of aryl methyl sites for hydroxylation is 3. The lowest BCUT2D eigenvalue weighted by Crippen LogP contribution is -2.31. The van der Waals surface area contributed by atoms with Crippen LogP contribution in [0.3, 0.4) is 0 Å². The SMILES string of the molecule is Cc1cc(C)c(C(=O)CN2CCCC2=O)c(C)c1. The van der Waals surface area contributed by atoms with Crippen LogP contribution in [-0.4, -0.2) is 29.7 Å². The number of hydrogen-bond acceptors (Lipinski definition) is 2. The molecule has 1 fully saturated rings. The molecule has 1 aliphatic rings. The molecule has 0 N–H and O–H groups in total. The van der Waals surface area contributed by atoms with Crippen molar-refractivity contribution < 1.29 is 9.59 Å². The molecule has 0 radical (unpaired) electrons. The van der Waals surface area contributed by atoms with E-state index in [0.717, 1.165) is 23.1 Å². The van der Waals surface area contributed by atoms with Crippen LogP contribution in [0.2, 0.25) is 0 Å². The molecule has 0 bridgehead atoms. The van der Waals surface area contributed by atoms with Crippen molar-refractivity contribution in [3.63, 3.8) is 0 Å². The Hall–Kier alpha value is -1.64. The molecule has 1 aromatic rings. The Morgan fingerprint density at radius 3 is 2.33 bits per heavy atom. The molecule has 0 atom stereocenters. The van der Waals surface area contributed by atoms with Crippen molar-refractivity contribution in [1.82, 2.24) is 4.90 Å². The number of amides is 1. The van der Waals surface area contributed by atoms with E-state index in [0.29, 0.717) is 13.0 Å². The van der Waals surface area contributed by atoms with Crippen molar-refractivity contribution in [1.29, 1.82) is 0 Å². The minimum atomic E-state index is 0.0558. The van der Waals surface area contributed by atoms with Gasteiger partial charge in [-0.25, -0.2) is 0 Å². The van der Waals surface area contributed by atoms with E-state index in [1.807, 2.05) is 32.9 Å². The Morgan fingerprint density at radius 1 is 1.22 bits per heavy atom. The van der Waals surface area contributed by atoms with Crippen LogP contribution in [0.25, 0.3) is 0 Å². The van der Waals surface area contributed by atoms with E-state index in [4.69, 9.17) is 0 Å². The highest BCUT2D eigenvalue weighted by Crippen LogP contribution is 2.18. The molecule has 3 heteroatoms. The maximum absolute atomic E-state index is 12.3. The highest BCUT2D eigenvalue weighted by molar-refractivity contribution is 6.01. The third-order valence-corrected chi connectivity index (χ3v) is 3.46. The van der Waals surface area contributed by atoms with Gasteiger partial charge >= 0.3 is 0 Å². The van der Waals surface area contributed by atoms with Gasteiger partial charge in [0.25, 0.3) is 0 Å². The van der Waals surface area contributed by atoms with Gasteiger partial charge in [0, 0.05) is 18.5 Å². The molecule has 0 spiro atoms. The second kappa shape index (κ2) is 4.92. The third-order valence-electron chi connectivity index (χ3n) is 3.46. The fourth-order valence-electron chi connectivity index (χ4n) is 2.74. The maximum Gasteiger partial charge on any atom is 0.223 e. The second-order valence-corrected chi connectivity index (χ2v) is 5.12. The van der Waals surface area contributed by atoms with Crippen molar-refractivity contribution in [2.45, 2.75) is 33.6 Å². The van der Waals surface area contributed by atoms with Gasteiger partial charge in [0.15, 0.2) is 5.78 Å². The summed E-state index contributed by atoms with van der Waals surface area (Å²) in [6.45, 7) is 6.88. The highest BCUT2D eigenvalue weighted by atomic mass is 16.2. The number of ketones is 1. The number of benzene rings is 1. The minimum absolute atomic E-state index is 0.0558. The van der Waals surface area contributed by atoms with Gasteiger partial charge < -0.3 is 4.90 Å². The lowest BCUT2D eigenvalue weighted by Gasteiger charge is -2.16. The number of Topliss-reactive ketones (excluding diaryl/α,β-unsaturated/α-hetero) is 1. The first-order valence-corrected chi connectivity index (χ1v) is 6.38. The zero-order chi connectivity index (χ0) is 13.3. The molecule has 0 aliphatic carbocycles. The van der Waals surface area contributed by atoms with Gasteiger partial charge in [-0.2, -0.15) is 0 Å². The first-order chi connectivity index (χ1) is 8.49. The van der Waals surface area contributed by atoms with Crippen molar-refractivity contribution in [3.8, 4) is 0 Å². The summed E-state index contributed by atoms with van der Waals surface area (Å²) in [7, 11) is 0. The maximum atomic E-state index is 12.3. The average molecular weight is 245 g/mol. The lowest BCUT2D eigenvalue weighted by molar-refractivity contribution is -0.127. The van der Waals surface area contributed by atoms with E-state index in [1.165, 1.54) is 5.56 Å². The summed E-state index contributed by atoms with van der Waals surface area (Å²) in [4.78, 5) is 25.5. The molecule has 96 valence electrons. The molecule has 0 saturated carbocycles. The van der Waals surface area contributed by atoms with E-state index < -0.39 is 0 Å². The van der Waals surface area contributed by atoms with Crippen LogP contribution in [-0.2, 0) is 4.79 Å². The van der Waals surface area contributed by atoms with Crippen molar-refractivity contribution in [3.05, 3.63) is 34.4 Å². The molecule has 3 nitrogen and oxygen atoms in total. The summed E-state index contributed by atoms with van der Waals surface area (Å²) in [5, 5.41) is 0. The van der Waals surface area contributed by atoms with Crippen LogP contribution in [0.1, 0.15) is 39.9 Å². The molecule has 1 heterocycles. The number of nitrogens with zero attached hydrogens (tertiary/aromatic N) is 1. The Bertz CT molecular complexity index is 482. The van der Waals surface area contributed by atoms with Crippen LogP contribution >= 0.6 is 0 Å². The van der Waals surface area contributed by atoms with Gasteiger partial charge in [-0.15, -0.1) is 0 Å². The van der Waals surface area contributed by atoms with E-state index in [1.54, 1.807) is 4.90 Å². The normalized spacial score (nSPS) is 15.3. The van der Waals surface area contributed by atoms with Gasteiger partial charge in [-0.1, -0.05) is 17.7 Å². The average Bonchev–Trinajstić information content (AvgIpc) is 2.62. The number of hydrogen-bond donors (Lipinski definition) is 0. The molecule has 1 aliphatic heterocycles. The molecule has 0 unspecified atom stereocenters. The largest absolute Gasteiger partial charge is 0.335 e. The van der Waals surface area contributed by atoms with Gasteiger partial charge in [-0.05, 0) is 38.3 Å². The molecule has 0 aromatic heterocycles. The second-order valence-electron chi connectivity index (χ2n) is 5.12. The standard InChI is InChI=1S/C15H19NO2/c1-10-7-11(2)15(12(3)8-10)13(17)9-16-6-4-5-14(16)18/h7-8H,4-6,9H2,1-3H3. The lowest BCUT2D eigenvalue weighted by atomic mass is 9.96. The van der Waals surface area contributed by atoms with Gasteiger partial charge in [0.1, 0.15) is 0 Å². The fourth-order valence-corrected chi connectivity index (χ4v) is 2.74. The Balaban J connectivity index is 2.21. The molecule has 1 aromatic carbocycles. The van der Waals surface area contributed by atoms with Gasteiger partial charge in [0.05, 0.1) is 6.54 Å². The first kappa shape index (κ1) is 12.8. The fraction of sp³-hybridized carbons (Fsp3) is 0.467. The summed E-state index contributed by atoms with van der Waals surface area (Å²) < 4.78 is 0. The Kier molecular flexibility index (Phi) is 3.50. The van der Waals surface area contributed by atoms with E-state index in [9.17, 15) is 9.59 Å². The van der Waals surface area contributed by atoms with E-state index >= 15 is 0 Å². The summed E-state index contributed by atoms with van der Waals surface area (Å²) in [6, 6.07) is 4.04. The minimum Gasteiger partial charge on any atom is -0.335 e. The van der Waals surface area contributed by atoms with Crippen LogP contribution in [0.4, 0.5) is 0 Å². The number of likely N-dealkylation sites (tertiary alicyclic amines) is 1. The predicted octanol–water partition coefficient (Wildman–Crippen LogP) is 2.42. The topological polar surface area (TPSA) is 37.4 Å². The zero-order valence-corrected chi connectivity index (χ0v) is 11.2. The molecule has 1 saturated heterocycles. The van der Waals surface area contributed by atoms with Crippen molar-refractivity contribution in [2.75, 3.05) is 13.1 Å². The summed E-state index contributed by atoms with van der Waals surface area (Å²) in [5.74, 6) is 0.158. The van der Waals surface area contributed by atoms with Crippen LogP contribution < -0.4 is 0 Å². The summed E-state index contributed by atoms with van der Waals surface area (Å²) in [6.07, 6.45) is 1.46. The monoisotopic (exact) mass is 245 g/mol. The van der Waals surface area contributed by atoms with Crippen LogP contribution in [0.5, 0.6) is 0 Å². The van der Waals surface area contributed by atoms with Gasteiger partial charge in [-0.3, -0.25) is 9.59 Å². The Morgan fingerprint density at radius 2 is 1.83 bits per heavy atom. The van der Waals surface area contributed by atoms with Crippen LogP contribution in [0, 0.1) is 20.8 Å². The predicted molar refractivity (Wildman–Crippen MR) is 70.8 cm³/mol. The van der Waals surface area contributed by atoms with E-state index in [-0.39, 0.29) is 18.2 Å². The zero-order valence-electron chi connectivity index (χ0n) is 11.2. The first-order valence-electron chi connectivity index (χ1n) is 6.38. The molecular weight excluding hydrogens is 226 g/mol. The number of rotatable bonds is 3. The smallest absolute Gasteiger partial charge is 0.223 e. The van der Waals surface area contributed by atoms with Crippen molar-refractivity contribution in [2.24, 2.45) is 0 Å². The Labute approximate surface area is 108 Å². The van der Waals surface area contributed by atoms with Gasteiger partial charge in [0.2, 0.25) is 5.91 Å². The van der Waals surface area contributed by atoms with Crippen molar-refractivity contribution >= 4 is 11.7 Å². The molecule has 1 amide bonds. The summed E-state index contributed by atoms with van der Waals surface area (Å²) >= 11 is 0.